The smallest absolute Gasteiger partial charge is 0.282 e. The molecular formula is C18H21N6O+. The summed E-state index contributed by atoms with van der Waals surface area (Å²) in [7, 11) is 0. The Balaban J connectivity index is 1.54. The second kappa shape index (κ2) is 7.73. The number of rotatable bonds is 4. The Bertz CT molecular complexity index is 747. The summed E-state index contributed by atoms with van der Waals surface area (Å²) < 4.78 is 0. The number of nitrogens with zero attached hydrogens (tertiary/aromatic N) is 4. The second-order valence-corrected chi connectivity index (χ2v) is 6.09. The summed E-state index contributed by atoms with van der Waals surface area (Å²) in [5.41, 5.74) is 1.29. The van der Waals surface area contributed by atoms with Crippen LogP contribution in [0, 0.1) is 11.3 Å². The third kappa shape index (κ3) is 4.11. The molecule has 2 aromatic rings. The van der Waals surface area contributed by atoms with Crippen LogP contribution in [0.25, 0.3) is 0 Å². The van der Waals surface area contributed by atoms with Crippen LogP contribution in [0.15, 0.2) is 42.7 Å². The molecule has 0 bridgehead atoms. The summed E-state index contributed by atoms with van der Waals surface area (Å²) in [5.74, 6) is 0.736. The van der Waals surface area contributed by atoms with Gasteiger partial charge in [0, 0.05) is 18.1 Å². The summed E-state index contributed by atoms with van der Waals surface area (Å²) in [5, 5.41) is 11.7. The van der Waals surface area contributed by atoms with Crippen LogP contribution < -0.4 is 15.1 Å². The third-order valence-electron chi connectivity index (χ3n) is 4.53. The number of hydrogen-bond donors (Lipinski definition) is 2. The van der Waals surface area contributed by atoms with E-state index in [9.17, 15) is 4.79 Å². The number of benzene rings is 1. The highest BCUT2D eigenvalue weighted by Crippen LogP contribution is 2.09. The third-order valence-corrected chi connectivity index (χ3v) is 4.53. The van der Waals surface area contributed by atoms with Crippen molar-refractivity contribution in [1.29, 1.82) is 5.26 Å². The number of carbonyl (C=O) groups excluding carboxylic acids is 1. The standard InChI is InChI=1S/C18H20N6O/c1-14(17(25)22-16-5-3-15(13-19)4-6-16)23-9-11-24(12-10-23)18-20-7-2-8-21-18/h2-8,14H,9-12H2,1H3,(H,22,25)/p+1/t14-/m1/s1. The van der Waals surface area contributed by atoms with E-state index < -0.39 is 0 Å². The molecule has 7 heteroatoms. The highest BCUT2D eigenvalue weighted by molar-refractivity contribution is 5.93. The van der Waals surface area contributed by atoms with E-state index in [4.69, 9.17) is 5.26 Å². The Hall–Kier alpha value is -2.98. The molecule has 1 fully saturated rings. The first-order valence-corrected chi connectivity index (χ1v) is 8.35. The van der Waals surface area contributed by atoms with Crippen LogP contribution in [0.4, 0.5) is 11.6 Å². The fourth-order valence-corrected chi connectivity index (χ4v) is 2.95. The Morgan fingerprint density at radius 3 is 2.48 bits per heavy atom. The molecule has 0 aliphatic carbocycles. The second-order valence-electron chi connectivity index (χ2n) is 6.09. The average molecular weight is 337 g/mol. The fraction of sp³-hybridized carbons (Fsp3) is 0.333. The Labute approximate surface area is 146 Å². The molecule has 0 saturated carbocycles. The van der Waals surface area contributed by atoms with E-state index in [2.05, 4.69) is 26.3 Å². The lowest BCUT2D eigenvalue weighted by Gasteiger charge is -2.34. The van der Waals surface area contributed by atoms with E-state index >= 15 is 0 Å². The van der Waals surface area contributed by atoms with Crippen molar-refractivity contribution in [3.8, 4) is 6.07 Å². The van der Waals surface area contributed by atoms with E-state index in [1.54, 1.807) is 42.7 Å². The van der Waals surface area contributed by atoms with Crippen LogP contribution in [0.5, 0.6) is 0 Å². The minimum atomic E-state index is -0.144. The molecule has 1 aromatic heterocycles. The molecule has 0 radical (unpaired) electrons. The predicted molar refractivity (Wildman–Crippen MR) is 94.2 cm³/mol. The number of quaternary nitrogens is 1. The van der Waals surface area contributed by atoms with Gasteiger partial charge in [-0.2, -0.15) is 5.26 Å². The first kappa shape index (κ1) is 16.9. The fourth-order valence-electron chi connectivity index (χ4n) is 2.95. The molecule has 2 N–H and O–H groups in total. The number of hydrogen-bond acceptors (Lipinski definition) is 5. The molecule has 1 aromatic carbocycles. The number of piperazine rings is 1. The number of nitriles is 1. The van der Waals surface area contributed by atoms with E-state index in [0.717, 1.165) is 32.1 Å². The number of aromatic nitrogens is 2. The minimum absolute atomic E-state index is 0.0101. The summed E-state index contributed by atoms with van der Waals surface area (Å²) >= 11 is 0. The molecule has 1 aliphatic rings. The van der Waals surface area contributed by atoms with Gasteiger partial charge < -0.3 is 15.1 Å². The largest absolute Gasteiger partial charge is 0.330 e. The highest BCUT2D eigenvalue weighted by Gasteiger charge is 2.29. The van der Waals surface area contributed by atoms with Gasteiger partial charge in [0.1, 0.15) is 0 Å². The molecule has 0 spiro atoms. The zero-order valence-electron chi connectivity index (χ0n) is 14.1. The zero-order chi connectivity index (χ0) is 17.6. The van der Waals surface area contributed by atoms with Crippen LogP contribution in [0.3, 0.4) is 0 Å². The van der Waals surface area contributed by atoms with Crippen molar-refractivity contribution >= 4 is 17.5 Å². The van der Waals surface area contributed by atoms with Crippen LogP contribution in [0.2, 0.25) is 0 Å². The number of anilines is 2. The molecule has 1 aliphatic heterocycles. The Kier molecular flexibility index (Phi) is 5.21. The van der Waals surface area contributed by atoms with E-state index in [1.165, 1.54) is 4.90 Å². The van der Waals surface area contributed by atoms with Gasteiger partial charge in [-0.05, 0) is 37.3 Å². The molecule has 7 nitrogen and oxygen atoms in total. The molecule has 25 heavy (non-hydrogen) atoms. The van der Waals surface area contributed by atoms with Crippen LogP contribution in [-0.4, -0.2) is 48.1 Å². The SMILES string of the molecule is C[C@H](C(=O)Nc1ccc(C#N)cc1)[NH+]1CCN(c2ncccn2)CC1. The van der Waals surface area contributed by atoms with Gasteiger partial charge in [0.05, 0.1) is 37.8 Å². The van der Waals surface area contributed by atoms with E-state index in [1.807, 2.05) is 6.92 Å². The number of nitrogens with one attached hydrogen (secondary N) is 2. The highest BCUT2D eigenvalue weighted by atomic mass is 16.2. The van der Waals surface area contributed by atoms with Gasteiger partial charge in [0.15, 0.2) is 6.04 Å². The zero-order valence-corrected chi connectivity index (χ0v) is 14.1. The van der Waals surface area contributed by atoms with Gasteiger partial charge in [-0.3, -0.25) is 4.79 Å². The maximum Gasteiger partial charge on any atom is 0.282 e. The van der Waals surface area contributed by atoms with Gasteiger partial charge in [-0.1, -0.05) is 0 Å². The maximum atomic E-state index is 12.5. The lowest BCUT2D eigenvalue weighted by molar-refractivity contribution is -0.914. The Morgan fingerprint density at radius 1 is 1.24 bits per heavy atom. The normalized spacial score (nSPS) is 16.1. The topological polar surface area (TPSA) is 86.4 Å². The quantitative estimate of drug-likeness (QED) is 0.825. The first-order valence-electron chi connectivity index (χ1n) is 8.35. The van der Waals surface area contributed by atoms with Crippen molar-refractivity contribution in [2.75, 3.05) is 36.4 Å². The summed E-state index contributed by atoms with van der Waals surface area (Å²) in [6.07, 6.45) is 3.49. The molecule has 3 rings (SSSR count). The van der Waals surface area contributed by atoms with Gasteiger partial charge >= 0.3 is 0 Å². The maximum absolute atomic E-state index is 12.5. The lowest BCUT2D eigenvalue weighted by Crippen LogP contribution is -3.19. The van der Waals surface area contributed by atoms with Crippen molar-refractivity contribution in [1.82, 2.24) is 9.97 Å². The van der Waals surface area contributed by atoms with Crippen LogP contribution in [0.1, 0.15) is 12.5 Å². The van der Waals surface area contributed by atoms with Crippen LogP contribution in [-0.2, 0) is 4.79 Å². The molecule has 1 amide bonds. The lowest BCUT2D eigenvalue weighted by atomic mass is 10.2. The number of amides is 1. The van der Waals surface area contributed by atoms with Gasteiger partial charge in [-0.25, -0.2) is 9.97 Å². The van der Waals surface area contributed by atoms with Gasteiger partial charge in [-0.15, -0.1) is 0 Å². The minimum Gasteiger partial charge on any atom is -0.330 e. The molecule has 2 heterocycles. The van der Waals surface area contributed by atoms with Gasteiger partial charge in [0.25, 0.3) is 5.91 Å². The average Bonchev–Trinajstić information content (AvgIpc) is 2.69. The van der Waals surface area contributed by atoms with Crippen molar-refractivity contribution in [2.24, 2.45) is 0 Å². The Morgan fingerprint density at radius 2 is 1.88 bits per heavy atom. The molecule has 0 unspecified atom stereocenters. The summed E-state index contributed by atoms with van der Waals surface area (Å²) in [6, 6.07) is 10.6. The molecule has 128 valence electrons. The van der Waals surface area contributed by atoms with E-state index in [0.29, 0.717) is 11.3 Å². The van der Waals surface area contributed by atoms with Crippen molar-refractivity contribution < 1.29 is 9.69 Å². The van der Waals surface area contributed by atoms with Crippen molar-refractivity contribution in [3.05, 3.63) is 48.3 Å². The van der Waals surface area contributed by atoms with Crippen molar-refractivity contribution in [3.63, 3.8) is 0 Å². The molecule has 1 atom stereocenters. The summed E-state index contributed by atoms with van der Waals surface area (Å²) in [4.78, 5) is 24.4. The first-order chi connectivity index (χ1) is 12.2. The van der Waals surface area contributed by atoms with Crippen molar-refractivity contribution in [2.45, 2.75) is 13.0 Å². The summed E-state index contributed by atoms with van der Waals surface area (Å²) in [6.45, 7) is 5.32. The van der Waals surface area contributed by atoms with Crippen LogP contribution >= 0.6 is 0 Å². The monoisotopic (exact) mass is 337 g/mol. The molecular weight excluding hydrogens is 316 g/mol. The van der Waals surface area contributed by atoms with E-state index in [-0.39, 0.29) is 11.9 Å². The van der Waals surface area contributed by atoms with Gasteiger partial charge in [0.2, 0.25) is 5.95 Å². The predicted octanol–water partition coefficient (Wildman–Crippen LogP) is 0.0804. The number of carbonyl (C=O) groups is 1. The molecule has 1 saturated heterocycles.